The van der Waals surface area contributed by atoms with E-state index in [1.807, 2.05) is 31.2 Å². The highest BCUT2D eigenvalue weighted by Crippen LogP contribution is 2.25. The van der Waals surface area contributed by atoms with Gasteiger partial charge in [0.1, 0.15) is 0 Å². The molecule has 3 nitrogen and oxygen atoms in total. The highest BCUT2D eigenvalue weighted by atomic mass is 35.5. The Balaban J connectivity index is 1.99. The molecule has 1 aromatic carbocycles. The van der Waals surface area contributed by atoms with Crippen LogP contribution >= 0.6 is 23.4 Å². The van der Waals surface area contributed by atoms with Crippen LogP contribution in [0.25, 0.3) is 0 Å². The summed E-state index contributed by atoms with van der Waals surface area (Å²) in [6, 6.07) is 10.9. The molecule has 98 valence electrons. The first-order valence-corrected chi connectivity index (χ1v) is 7.04. The van der Waals surface area contributed by atoms with E-state index in [1.54, 1.807) is 24.5 Å². The number of rotatable bonds is 4. The Morgan fingerprint density at radius 2 is 1.95 bits per heavy atom. The minimum Gasteiger partial charge on any atom is -0.324 e. The third kappa shape index (κ3) is 3.98. The molecule has 0 aliphatic rings. The lowest BCUT2D eigenvalue weighted by molar-refractivity contribution is -0.115. The van der Waals surface area contributed by atoms with Crippen molar-refractivity contribution in [3.63, 3.8) is 0 Å². The highest BCUT2D eigenvalue weighted by Gasteiger charge is 2.15. The number of benzene rings is 1. The molecule has 0 unspecified atom stereocenters. The number of pyridine rings is 1. The molecule has 0 aliphatic carbocycles. The van der Waals surface area contributed by atoms with Gasteiger partial charge in [0.25, 0.3) is 0 Å². The molecule has 5 heteroatoms. The number of aromatic nitrogens is 1. The summed E-state index contributed by atoms with van der Waals surface area (Å²) in [6.07, 6.45) is 3.42. The van der Waals surface area contributed by atoms with Crippen molar-refractivity contribution in [1.29, 1.82) is 0 Å². The monoisotopic (exact) mass is 292 g/mol. The maximum Gasteiger partial charge on any atom is 0.237 e. The number of carbonyl (C=O) groups excluding carboxylic acids is 1. The lowest BCUT2D eigenvalue weighted by Crippen LogP contribution is -2.22. The van der Waals surface area contributed by atoms with Crippen molar-refractivity contribution in [3.05, 3.63) is 53.8 Å². The van der Waals surface area contributed by atoms with E-state index in [4.69, 9.17) is 11.6 Å². The van der Waals surface area contributed by atoms with Crippen LogP contribution in [-0.4, -0.2) is 16.1 Å². The topological polar surface area (TPSA) is 42.0 Å². The Hall–Kier alpha value is -1.52. The maximum absolute atomic E-state index is 12.1. The zero-order chi connectivity index (χ0) is 13.7. The molecule has 2 aromatic rings. The Labute approximate surface area is 121 Å². The van der Waals surface area contributed by atoms with Crippen molar-refractivity contribution in [2.75, 3.05) is 5.32 Å². The van der Waals surface area contributed by atoms with Crippen LogP contribution in [0.2, 0.25) is 5.02 Å². The number of nitrogens with zero attached hydrogens (tertiary/aromatic N) is 1. The smallest absolute Gasteiger partial charge is 0.237 e. The van der Waals surface area contributed by atoms with Gasteiger partial charge in [0.05, 0.1) is 16.0 Å². The minimum absolute atomic E-state index is 0.0742. The standard InChI is InChI=1S/C14H13ClN2OS/c1-10(19-11-6-8-16-9-7-11)14(18)17-13-5-3-2-4-12(13)15/h2-10H,1H3,(H,17,18)/t10-/m0/s1. The van der Waals surface area contributed by atoms with Crippen molar-refractivity contribution < 1.29 is 4.79 Å². The summed E-state index contributed by atoms with van der Waals surface area (Å²) in [4.78, 5) is 17.0. The lowest BCUT2D eigenvalue weighted by atomic mass is 10.3. The normalized spacial score (nSPS) is 11.9. The molecule has 0 spiro atoms. The fourth-order valence-corrected chi connectivity index (χ4v) is 2.51. The summed E-state index contributed by atoms with van der Waals surface area (Å²) >= 11 is 7.49. The van der Waals surface area contributed by atoms with Gasteiger partial charge < -0.3 is 5.32 Å². The Bertz CT molecular complexity index is 562. The second-order valence-electron chi connectivity index (χ2n) is 3.91. The molecule has 1 amide bonds. The first-order valence-electron chi connectivity index (χ1n) is 5.79. The number of para-hydroxylation sites is 1. The number of nitrogens with one attached hydrogen (secondary N) is 1. The Kier molecular flexibility index (Phi) is 4.82. The van der Waals surface area contributed by atoms with Gasteiger partial charge in [-0.05, 0) is 31.2 Å². The molecular weight excluding hydrogens is 280 g/mol. The Morgan fingerprint density at radius 1 is 1.26 bits per heavy atom. The molecule has 0 radical (unpaired) electrons. The van der Waals surface area contributed by atoms with Gasteiger partial charge in [0.2, 0.25) is 5.91 Å². The van der Waals surface area contributed by atoms with Gasteiger partial charge in [-0.1, -0.05) is 23.7 Å². The van der Waals surface area contributed by atoms with Crippen molar-refractivity contribution in [2.45, 2.75) is 17.1 Å². The van der Waals surface area contributed by atoms with E-state index < -0.39 is 0 Å². The van der Waals surface area contributed by atoms with Gasteiger partial charge >= 0.3 is 0 Å². The van der Waals surface area contributed by atoms with Gasteiger partial charge in [0, 0.05) is 17.3 Å². The second-order valence-corrected chi connectivity index (χ2v) is 5.73. The maximum atomic E-state index is 12.1. The fourth-order valence-electron chi connectivity index (χ4n) is 1.47. The molecule has 0 fully saturated rings. The molecule has 2 rings (SSSR count). The van der Waals surface area contributed by atoms with Crippen LogP contribution in [0.15, 0.2) is 53.7 Å². The zero-order valence-corrected chi connectivity index (χ0v) is 11.9. The van der Waals surface area contributed by atoms with Gasteiger partial charge in [-0.25, -0.2) is 0 Å². The summed E-state index contributed by atoms with van der Waals surface area (Å²) in [5, 5.41) is 3.15. The number of thioether (sulfide) groups is 1. The van der Waals surface area contributed by atoms with Crippen LogP contribution in [0.5, 0.6) is 0 Å². The molecular formula is C14H13ClN2OS. The van der Waals surface area contributed by atoms with E-state index in [1.165, 1.54) is 11.8 Å². The van der Waals surface area contributed by atoms with Crippen LogP contribution in [0, 0.1) is 0 Å². The average molecular weight is 293 g/mol. The third-order valence-corrected chi connectivity index (χ3v) is 3.91. The SMILES string of the molecule is C[C@H](Sc1ccncc1)C(=O)Nc1ccccc1Cl. The molecule has 1 atom stereocenters. The molecule has 1 heterocycles. The summed E-state index contributed by atoms with van der Waals surface area (Å²) in [5.74, 6) is -0.0742. The number of anilines is 1. The molecule has 0 saturated heterocycles. The fraction of sp³-hybridized carbons (Fsp3) is 0.143. The number of hydrogen-bond donors (Lipinski definition) is 1. The largest absolute Gasteiger partial charge is 0.324 e. The molecule has 1 N–H and O–H groups in total. The molecule has 19 heavy (non-hydrogen) atoms. The summed E-state index contributed by atoms with van der Waals surface area (Å²) in [6.45, 7) is 1.86. The lowest BCUT2D eigenvalue weighted by Gasteiger charge is -2.12. The summed E-state index contributed by atoms with van der Waals surface area (Å²) in [5.41, 5.74) is 0.636. The predicted octanol–water partition coefficient (Wildman–Crippen LogP) is 3.85. The predicted molar refractivity (Wildman–Crippen MR) is 79.6 cm³/mol. The first kappa shape index (κ1) is 13.9. The van der Waals surface area contributed by atoms with E-state index >= 15 is 0 Å². The van der Waals surface area contributed by atoms with Crippen LogP contribution in [0.1, 0.15) is 6.92 Å². The van der Waals surface area contributed by atoms with Gasteiger partial charge in [-0.2, -0.15) is 0 Å². The van der Waals surface area contributed by atoms with Gasteiger partial charge in [-0.15, -0.1) is 11.8 Å². The van der Waals surface area contributed by atoms with Crippen molar-refractivity contribution in [2.24, 2.45) is 0 Å². The van der Waals surface area contributed by atoms with E-state index in [-0.39, 0.29) is 11.2 Å². The summed E-state index contributed by atoms with van der Waals surface area (Å²) < 4.78 is 0. The number of halogens is 1. The van der Waals surface area contributed by atoms with Crippen LogP contribution in [0.3, 0.4) is 0 Å². The average Bonchev–Trinajstić information content (AvgIpc) is 2.42. The molecule has 1 aromatic heterocycles. The molecule has 0 saturated carbocycles. The quantitative estimate of drug-likeness (QED) is 0.870. The van der Waals surface area contributed by atoms with Crippen LogP contribution in [0.4, 0.5) is 5.69 Å². The van der Waals surface area contributed by atoms with E-state index in [0.717, 1.165) is 4.90 Å². The van der Waals surface area contributed by atoms with Crippen molar-refractivity contribution in [3.8, 4) is 0 Å². The van der Waals surface area contributed by atoms with E-state index in [2.05, 4.69) is 10.3 Å². The van der Waals surface area contributed by atoms with Crippen molar-refractivity contribution in [1.82, 2.24) is 4.98 Å². The molecule has 0 aliphatic heterocycles. The number of hydrogen-bond acceptors (Lipinski definition) is 3. The zero-order valence-electron chi connectivity index (χ0n) is 10.3. The van der Waals surface area contributed by atoms with Crippen LogP contribution in [-0.2, 0) is 4.79 Å². The summed E-state index contributed by atoms with van der Waals surface area (Å²) in [7, 11) is 0. The number of carbonyl (C=O) groups is 1. The number of amides is 1. The van der Waals surface area contributed by atoms with Gasteiger partial charge in [-0.3, -0.25) is 9.78 Å². The molecule has 0 bridgehead atoms. The van der Waals surface area contributed by atoms with Crippen LogP contribution < -0.4 is 5.32 Å². The highest BCUT2D eigenvalue weighted by molar-refractivity contribution is 8.00. The van der Waals surface area contributed by atoms with E-state index in [0.29, 0.717) is 10.7 Å². The minimum atomic E-state index is -0.210. The van der Waals surface area contributed by atoms with E-state index in [9.17, 15) is 4.79 Å². The Morgan fingerprint density at radius 3 is 2.63 bits per heavy atom. The third-order valence-electron chi connectivity index (χ3n) is 2.46. The first-order chi connectivity index (χ1) is 9.16. The van der Waals surface area contributed by atoms with Crippen molar-refractivity contribution >= 4 is 35.0 Å². The van der Waals surface area contributed by atoms with Gasteiger partial charge in [0.15, 0.2) is 0 Å². The second kappa shape index (κ2) is 6.59.